The summed E-state index contributed by atoms with van der Waals surface area (Å²) in [5.74, 6) is 1.48. The maximum atomic E-state index is 13.0. The van der Waals surface area contributed by atoms with Crippen LogP contribution in [0.25, 0.3) is 0 Å². The van der Waals surface area contributed by atoms with Gasteiger partial charge in [-0.2, -0.15) is 0 Å². The number of likely N-dealkylation sites (tertiary alicyclic amines) is 2. The molecule has 2 atom stereocenters. The maximum Gasteiger partial charge on any atom is 0.254 e. The van der Waals surface area contributed by atoms with Gasteiger partial charge in [-0.05, 0) is 50.5 Å². The van der Waals surface area contributed by atoms with Crippen molar-refractivity contribution in [2.24, 2.45) is 11.8 Å². The average Bonchev–Trinajstić information content (AvgIpc) is 3.27. The first-order chi connectivity index (χ1) is 14.5. The Hall–Kier alpha value is -1.69. The summed E-state index contributed by atoms with van der Waals surface area (Å²) in [6, 6.07) is 2.01. The predicted molar refractivity (Wildman–Crippen MR) is 119 cm³/mol. The van der Waals surface area contributed by atoms with Crippen molar-refractivity contribution in [2.75, 3.05) is 19.6 Å². The van der Waals surface area contributed by atoms with Gasteiger partial charge in [-0.1, -0.05) is 32.1 Å². The third-order valence-corrected chi connectivity index (χ3v) is 8.39. The van der Waals surface area contributed by atoms with Gasteiger partial charge in [-0.15, -0.1) is 11.3 Å². The zero-order valence-corrected chi connectivity index (χ0v) is 18.9. The van der Waals surface area contributed by atoms with Crippen LogP contribution in [0.4, 0.5) is 0 Å². The number of Topliss-reactive ketones (excluding diaryl/α,β-unsaturated/α-hetero) is 1. The lowest BCUT2D eigenvalue weighted by Crippen LogP contribution is -2.56. The van der Waals surface area contributed by atoms with Crippen LogP contribution >= 0.6 is 11.3 Å². The Morgan fingerprint density at radius 1 is 1.03 bits per heavy atom. The molecule has 164 valence electrons. The molecule has 3 heterocycles. The lowest BCUT2D eigenvalue weighted by molar-refractivity contribution is -0.138. The van der Waals surface area contributed by atoms with Crippen LogP contribution in [0.5, 0.6) is 0 Å². The van der Waals surface area contributed by atoms with E-state index in [4.69, 9.17) is 0 Å². The Bertz CT molecular complexity index is 783. The molecule has 0 bridgehead atoms. The fourth-order valence-corrected chi connectivity index (χ4v) is 6.44. The normalized spacial score (nSPS) is 25.1. The molecule has 2 amide bonds. The summed E-state index contributed by atoms with van der Waals surface area (Å²) in [5, 5.41) is 1.80. The van der Waals surface area contributed by atoms with Crippen LogP contribution in [-0.2, 0) is 4.79 Å². The molecule has 5 nitrogen and oxygen atoms in total. The van der Waals surface area contributed by atoms with Gasteiger partial charge in [0, 0.05) is 37.5 Å². The van der Waals surface area contributed by atoms with Crippen molar-refractivity contribution in [2.45, 2.75) is 77.2 Å². The van der Waals surface area contributed by atoms with E-state index in [0.717, 1.165) is 44.7 Å². The number of carbonyl (C=O) groups is 3. The van der Waals surface area contributed by atoms with Gasteiger partial charge in [-0.3, -0.25) is 14.4 Å². The maximum absolute atomic E-state index is 13.0. The minimum absolute atomic E-state index is 0.00687. The average molecular weight is 431 g/mol. The SMILES string of the molecule is CC(=O)c1cc(C(=O)N2CC[C@H]3[C@H](CCCN3C(=O)CCC3CCCCC3)C2)cs1. The van der Waals surface area contributed by atoms with Crippen LogP contribution in [0.15, 0.2) is 11.4 Å². The van der Waals surface area contributed by atoms with Crippen LogP contribution < -0.4 is 0 Å². The first-order valence-corrected chi connectivity index (χ1v) is 12.6. The van der Waals surface area contributed by atoms with Crippen molar-refractivity contribution in [1.29, 1.82) is 0 Å². The summed E-state index contributed by atoms with van der Waals surface area (Å²) in [4.78, 5) is 42.2. The molecular formula is C24H34N2O3S. The Labute approximate surface area is 183 Å². The lowest BCUT2D eigenvalue weighted by Gasteiger charge is -2.47. The molecule has 1 aliphatic carbocycles. The van der Waals surface area contributed by atoms with Gasteiger partial charge >= 0.3 is 0 Å². The summed E-state index contributed by atoms with van der Waals surface area (Å²) in [5.41, 5.74) is 0.625. The quantitative estimate of drug-likeness (QED) is 0.633. The van der Waals surface area contributed by atoms with Crippen LogP contribution in [0.2, 0.25) is 0 Å². The second-order valence-corrected chi connectivity index (χ2v) is 10.3. The van der Waals surface area contributed by atoms with E-state index in [2.05, 4.69) is 4.90 Å². The molecule has 0 aromatic carbocycles. The molecule has 30 heavy (non-hydrogen) atoms. The van der Waals surface area contributed by atoms with Gasteiger partial charge in [0.15, 0.2) is 5.78 Å². The highest BCUT2D eigenvalue weighted by atomic mass is 32.1. The van der Waals surface area contributed by atoms with Gasteiger partial charge in [0.25, 0.3) is 5.91 Å². The number of piperidine rings is 2. The fourth-order valence-electron chi connectivity index (χ4n) is 5.66. The standard InChI is InChI=1S/C24H34N2O3S/c1-17(27)22-14-20(16-30-22)24(29)25-13-11-21-19(15-25)8-5-12-26(21)23(28)10-9-18-6-3-2-4-7-18/h14,16,18-19,21H,2-13,15H2,1H3/t19-,21+/m1/s1. The number of hydrogen-bond donors (Lipinski definition) is 0. The number of ketones is 1. The van der Waals surface area contributed by atoms with E-state index in [1.165, 1.54) is 50.4 Å². The van der Waals surface area contributed by atoms with Crippen molar-refractivity contribution in [1.82, 2.24) is 9.80 Å². The minimum atomic E-state index is 0.00687. The molecule has 3 aliphatic rings. The molecule has 0 unspecified atom stereocenters. The topological polar surface area (TPSA) is 57.7 Å². The molecule has 0 radical (unpaired) electrons. The molecule has 4 rings (SSSR count). The second kappa shape index (κ2) is 9.63. The molecule has 1 saturated carbocycles. The van der Waals surface area contributed by atoms with E-state index in [9.17, 15) is 14.4 Å². The third-order valence-electron chi connectivity index (χ3n) is 7.36. The molecule has 3 fully saturated rings. The van der Waals surface area contributed by atoms with Crippen LogP contribution in [0, 0.1) is 11.8 Å². The van der Waals surface area contributed by atoms with Gasteiger partial charge < -0.3 is 9.80 Å². The van der Waals surface area contributed by atoms with Crippen molar-refractivity contribution in [3.05, 3.63) is 21.9 Å². The summed E-state index contributed by atoms with van der Waals surface area (Å²) < 4.78 is 0. The van der Waals surface area contributed by atoms with Crippen molar-refractivity contribution < 1.29 is 14.4 Å². The summed E-state index contributed by atoms with van der Waals surface area (Å²) in [7, 11) is 0. The zero-order chi connectivity index (χ0) is 21.1. The molecule has 2 saturated heterocycles. The second-order valence-electron chi connectivity index (χ2n) is 9.40. The van der Waals surface area contributed by atoms with Crippen molar-refractivity contribution in [3.63, 3.8) is 0 Å². The molecule has 6 heteroatoms. The van der Waals surface area contributed by atoms with E-state index in [0.29, 0.717) is 35.2 Å². The van der Waals surface area contributed by atoms with E-state index in [1.54, 1.807) is 11.4 Å². The zero-order valence-electron chi connectivity index (χ0n) is 18.1. The number of thiophene rings is 1. The van der Waals surface area contributed by atoms with Gasteiger partial charge in [0.1, 0.15) is 0 Å². The summed E-state index contributed by atoms with van der Waals surface area (Å²) in [6.07, 6.45) is 11.3. The van der Waals surface area contributed by atoms with E-state index in [1.807, 2.05) is 4.90 Å². The first-order valence-electron chi connectivity index (χ1n) is 11.7. The van der Waals surface area contributed by atoms with Crippen LogP contribution in [0.3, 0.4) is 0 Å². The number of hydrogen-bond acceptors (Lipinski definition) is 4. The van der Waals surface area contributed by atoms with E-state index >= 15 is 0 Å². The lowest BCUT2D eigenvalue weighted by atomic mass is 9.82. The number of amides is 2. The summed E-state index contributed by atoms with van der Waals surface area (Å²) >= 11 is 1.34. The van der Waals surface area contributed by atoms with Crippen LogP contribution in [0.1, 0.15) is 91.2 Å². The highest BCUT2D eigenvalue weighted by Gasteiger charge is 2.39. The number of carbonyl (C=O) groups excluding carboxylic acids is 3. The molecule has 1 aromatic heterocycles. The van der Waals surface area contributed by atoms with Crippen molar-refractivity contribution in [3.8, 4) is 0 Å². The Balaban J connectivity index is 1.33. The van der Waals surface area contributed by atoms with Gasteiger partial charge in [-0.25, -0.2) is 0 Å². The first kappa shape index (κ1) is 21.5. The molecule has 0 N–H and O–H groups in total. The summed E-state index contributed by atoms with van der Waals surface area (Å²) in [6.45, 7) is 3.83. The van der Waals surface area contributed by atoms with Crippen molar-refractivity contribution >= 4 is 28.9 Å². The van der Waals surface area contributed by atoms with Gasteiger partial charge in [0.05, 0.1) is 10.4 Å². The Morgan fingerprint density at radius 2 is 1.83 bits per heavy atom. The van der Waals surface area contributed by atoms with Crippen LogP contribution in [-0.4, -0.2) is 53.1 Å². The Morgan fingerprint density at radius 3 is 2.57 bits per heavy atom. The third kappa shape index (κ3) is 4.79. The molecule has 0 spiro atoms. The number of fused-ring (bicyclic) bond motifs is 1. The fraction of sp³-hybridized carbons (Fsp3) is 0.708. The predicted octanol–water partition coefficient (Wildman–Crippen LogP) is 4.76. The minimum Gasteiger partial charge on any atom is -0.339 e. The molecule has 1 aromatic rings. The van der Waals surface area contributed by atoms with E-state index in [-0.39, 0.29) is 17.7 Å². The smallest absolute Gasteiger partial charge is 0.254 e. The van der Waals surface area contributed by atoms with E-state index < -0.39 is 0 Å². The highest BCUT2D eigenvalue weighted by Crippen LogP contribution is 2.33. The Kier molecular flexibility index (Phi) is 6.91. The number of rotatable bonds is 5. The largest absolute Gasteiger partial charge is 0.339 e. The molecular weight excluding hydrogens is 396 g/mol. The molecule has 2 aliphatic heterocycles. The monoisotopic (exact) mass is 430 g/mol. The highest BCUT2D eigenvalue weighted by molar-refractivity contribution is 7.12. The van der Waals surface area contributed by atoms with Gasteiger partial charge in [0.2, 0.25) is 5.91 Å². The number of nitrogens with zero attached hydrogens (tertiary/aromatic N) is 2.